The molecule has 7 heteroatoms. The van der Waals surface area contributed by atoms with Gasteiger partial charge in [-0.05, 0) is 48.8 Å². The Bertz CT molecular complexity index is 1010. The highest BCUT2D eigenvalue weighted by atomic mass is 32.1. The average molecular weight is 441 g/mol. The Morgan fingerprint density at radius 1 is 1.07 bits per heavy atom. The maximum atomic E-state index is 12.5. The SMILES string of the molecule is COC(=O)c1c(NC(=S)NCCc2ccc(OC)cc2)sc(C)c1-c1ccccc1. The van der Waals surface area contributed by atoms with Gasteiger partial charge < -0.3 is 20.1 Å². The van der Waals surface area contributed by atoms with Crippen molar-refractivity contribution < 1.29 is 14.3 Å². The van der Waals surface area contributed by atoms with Crippen LogP contribution < -0.4 is 15.4 Å². The summed E-state index contributed by atoms with van der Waals surface area (Å²) in [5, 5.41) is 7.53. The first-order valence-electron chi connectivity index (χ1n) is 9.48. The van der Waals surface area contributed by atoms with Crippen molar-refractivity contribution in [1.82, 2.24) is 5.32 Å². The van der Waals surface area contributed by atoms with Crippen LogP contribution in [0.25, 0.3) is 11.1 Å². The number of ether oxygens (including phenoxy) is 2. The quantitative estimate of drug-likeness (QED) is 0.396. The molecule has 2 aromatic carbocycles. The Labute approximate surface area is 186 Å². The van der Waals surface area contributed by atoms with Crippen molar-refractivity contribution in [3.8, 4) is 16.9 Å². The van der Waals surface area contributed by atoms with Crippen LogP contribution >= 0.6 is 23.6 Å². The molecule has 0 radical (unpaired) electrons. The smallest absolute Gasteiger partial charge is 0.341 e. The van der Waals surface area contributed by atoms with E-state index in [0.29, 0.717) is 22.2 Å². The first kappa shape index (κ1) is 21.8. The van der Waals surface area contributed by atoms with E-state index in [1.807, 2.05) is 61.5 Å². The summed E-state index contributed by atoms with van der Waals surface area (Å²) < 4.78 is 10.2. The molecule has 0 unspecified atom stereocenters. The highest BCUT2D eigenvalue weighted by Gasteiger charge is 2.24. The summed E-state index contributed by atoms with van der Waals surface area (Å²) in [6, 6.07) is 17.7. The highest BCUT2D eigenvalue weighted by Crippen LogP contribution is 2.40. The van der Waals surface area contributed by atoms with Crippen molar-refractivity contribution in [3.05, 3.63) is 70.6 Å². The average Bonchev–Trinajstić information content (AvgIpc) is 3.09. The molecule has 30 heavy (non-hydrogen) atoms. The Morgan fingerprint density at radius 2 is 1.77 bits per heavy atom. The number of anilines is 1. The number of rotatable bonds is 7. The second kappa shape index (κ2) is 10.2. The van der Waals surface area contributed by atoms with Crippen LogP contribution in [0.5, 0.6) is 5.75 Å². The van der Waals surface area contributed by atoms with E-state index in [-0.39, 0.29) is 5.97 Å². The van der Waals surface area contributed by atoms with Crippen LogP contribution in [0.15, 0.2) is 54.6 Å². The second-order valence-electron chi connectivity index (χ2n) is 6.57. The van der Waals surface area contributed by atoms with E-state index in [4.69, 9.17) is 21.7 Å². The standard InChI is InChI=1S/C23H24N2O3S2/c1-15-19(17-7-5-4-6-8-17)20(22(26)28-3)21(30-15)25-23(29)24-14-13-16-9-11-18(27-2)12-10-16/h4-12H,13-14H2,1-3H3,(H2,24,25,29). The summed E-state index contributed by atoms with van der Waals surface area (Å²) in [5.74, 6) is 0.447. The summed E-state index contributed by atoms with van der Waals surface area (Å²) in [6.07, 6.45) is 0.814. The Kier molecular flexibility index (Phi) is 7.43. The zero-order valence-corrected chi connectivity index (χ0v) is 18.8. The predicted octanol–water partition coefficient (Wildman–Crippen LogP) is 5.05. The van der Waals surface area contributed by atoms with Gasteiger partial charge in [-0.1, -0.05) is 42.5 Å². The van der Waals surface area contributed by atoms with Crippen LogP contribution in [-0.4, -0.2) is 31.8 Å². The van der Waals surface area contributed by atoms with Gasteiger partial charge in [-0.2, -0.15) is 0 Å². The molecule has 3 aromatic rings. The van der Waals surface area contributed by atoms with Gasteiger partial charge in [0.2, 0.25) is 0 Å². The summed E-state index contributed by atoms with van der Waals surface area (Å²) in [7, 11) is 3.04. The Morgan fingerprint density at radius 3 is 2.40 bits per heavy atom. The molecule has 1 aromatic heterocycles. The molecule has 0 saturated carbocycles. The minimum atomic E-state index is -0.387. The third kappa shape index (κ3) is 5.17. The summed E-state index contributed by atoms with van der Waals surface area (Å²) in [5.41, 5.74) is 3.53. The van der Waals surface area contributed by atoms with Crippen molar-refractivity contribution in [3.63, 3.8) is 0 Å². The number of hydrogen-bond acceptors (Lipinski definition) is 5. The number of benzene rings is 2. The number of carbonyl (C=O) groups is 1. The summed E-state index contributed by atoms with van der Waals surface area (Å²) in [4.78, 5) is 13.6. The van der Waals surface area contributed by atoms with Crippen molar-refractivity contribution >= 4 is 39.6 Å². The van der Waals surface area contributed by atoms with Crippen molar-refractivity contribution in [2.75, 3.05) is 26.1 Å². The molecule has 0 atom stereocenters. The number of esters is 1. The highest BCUT2D eigenvalue weighted by molar-refractivity contribution is 7.80. The van der Waals surface area contributed by atoms with Crippen LogP contribution in [0.2, 0.25) is 0 Å². The third-order valence-corrected chi connectivity index (χ3v) is 5.89. The van der Waals surface area contributed by atoms with Gasteiger partial charge >= 0.3 is 5.97 Å². The van der Waals surface area contributed by atoms with Gasteiger partial charge in [-0.25, -0.2) is 4.79 Å². The monoisotopic (exact) mass is 440 g/mol. The van der Waals surface area contributed by atoms with Crippen molar-refractivity contribution in [2.24, 2.45) is 0 Å². The number of methoxy groups -OCH3 is 2. The predicted molar refractivity (Wildman–Crippen MR) is 127 cm³/mol. The van der Waals surface area contributed by atoms with Crippen LogP contribution in [0.3, 0.4) is 0 Å². The minimum Gasteiger partial charge on any atom is -0.497 e. The molecule has 0 bridgehead atoms. The first-order chi connectivity index (χ1) is 14.5. The van der Waals surface area contributed by atoms with Crippen LogP contribution in [0.4, 0.5) is 5.00 Å². The number of aryl methyl sites for hydroxylation is 1. The molecule has 0 amide bonds. The summed E-state index contributed by atoms with van der Waals surface area (Å²) >= 11 is 6.94. The van der Waals surface area contributed by atoms with E-state index >= 15 is 0 Å². The number of carbonyl (C=O) groups excluding carboxylic acids is 1. The zero-order valence-electron chi connectivity index (χ0n) is 17.2. The van der Waals surface area contributed by atoms with Gasteiger partial charge in [0.05, 0.1) is 14.2 Å². The van der Waals surface area contributed by atoms with Crippen LogP contribution in [0.1, 0.15) is 20.8 Å². The van der Waals surface area contributed by atoms with E-state index in [1.165, 1.54) is 24.0 Å². The molecule has 2 N–H and O–H groups in total. The number of hydrogen-bond donors (Lipinski definition) is 2. The van der Waals surface area contributed by atoms with E-state index < -0.39 is 0 Å². The molecule has 0 fully saturated rings. The molecule has 156 valence electrons. The van der Waals surface area contributed by atoms with Gasteiger partial charge in [0, 0.05) is 17.0 Å². The van der Waals surface area contributed by atoms with E-state index in [2.05, 4.69) is 10.6 Å². The lowest BCUT2D eigenvalue weighted by Gasteiger charge is -2.11. The lowest BCUT2D eigenvalue weighted by atomic mass is 10.0. The molecular weight excluding hydrogens is 416 g/mol. The molecule has 0 aliphatic heterocycles. The molecule has 0 aliphatic rings. The van der Waals surface area contributed by atoms with Gasteiger partial charge in [-0.15, -0.1) is 11.3 Å². The van der Waals surface area contributed by atoms with Crippen LogP contribution in [-0.2, 0) is 11.2 Å². The molecule has 3 rings (SSSR count). The largest absolute Gasteiger partial charge is 0.497 e. The maximum absolute atomic E-state index is 12.5. The number of nitrogens with one attached hydrogen (secondary N) is 2. The fraction of sp³-hybridized carbons (Fsp3) is 0.217. The minimum absolute atomic E-state index is 0.387. The van der Waals surface area contributed by atoms with Gasteiger partial charge in [-0.3, -0.25) is 0 Å². The Balaban J connectivity index is 1.70. The molecule has 0 spiro atoms. The van der Waals surface area contributed by atoms with Crippen molar-refractivity contribution in [2.45, 2.75) is 13.3 Å². The summed E-state index contributed by atoms with van der Waals surface area (Å²) in [6.45, 7) is 2.66. The third-order valence-electron chi connectivity index (χ3n) is 4.62. The van der Waals surface area contributed by atoms with Crippen molar-refractivity contribution in [1.29, 1.82) is 0 Å². The molecule has 0 aliphatic carbocycles. The lowest BCUT2D eigenvalue weighted by molar-refractivity contribution is 0.0603. The van der Waals surface area contributed by atoms with Gasteiger partial charge in [0.1, 0.15) is 16.3 Å². The zero-order chi connectivity index (χ0) is 21.5. The van der Waals surface area contributed by atoms with E-state index in [9.17, 15) is 4.79 Å². The van der Waals surface area contributed by atoms with E-state index in [0.717, 1.165) is 28.2 Å². The Hall–Kier alpha value is -2.90. The van der Waals surface area contributed by atoms with E-state index in [1.54, 1.807) is 7.11 Å². The van der Waals surface area contributed by atoms with Crippen LogP contribution in [0, 0.1) is 6.92 Å². The topological polar surface area (TPSA) is 59.6 Å². The first-order valence-corrected chi connectivity index (χ1v) is 10.7. The second-order valence-corrected chi connectivity index (χ2v) is 8.21. The molecule has 0 saturated heterocycles. The lowest BCUT2D eigenvalue weighted by Crippen LogP contribution is -2.30. The van der Waals surface area contributed by atoms with Gasteiger partial charge in [0.25, 0.3) is 0 Å². The molecule has 5 nitrogen and oxygen atoms in total. The number of thiophene rings is 1. The normalized spacial score (nSPS) is 10.4. The molecular formula is C23H24N2O3S2. The number of thiocarbonyl (C=S) groups is 1. The maximum Gasteiger partial charge on any atom is 0.341 e. The fourth-order valence-electron chi connectivity index (χ4n) is 3.14. The fourth-order valence-corrected chi connectivity index (χ4v) is 4.48. The van der Waals surface area contributed by atoms with Gasteiger partial charge in [0.15, 0.2) is 5.11 Å². The molecule has 1 heterocycles.